The second-order valence-corrected chi connectivity index (χ2v) is 7.79. The zero-order valence-electron chi connectivity index (χ0n) is 15.1. The molecule has 4 rings (SSSR count). The number of fused-ring (bicyclic) bond motifs is 1. The Labute approximate surface area is 170 Å². The maximum atomic E-state index is 12.2. The zero-order chi connectivity index (χ0) is 19.5. The van der Waals surface area contributed by atoms with E-state index in [-0.39, 0.29) is 11.5 Å². The molecule has 28 heavy (non-hydrogen) atoms. The predicted octanol–water partition coefficient (Wildman–Crippen LogP) is 4.37. The molecular formula is C20H17ClN4O2S. The van der Waals surface area contributed by atoms with E-state index in [0.29, 0.717) is 39.7 Å². The number of benzene rings is 1. The normalized spacial score (nSPS) is 12.4. The van der Waals surface area contributed by atoms with E-state index in [4.69, 9.17) is 16.0 Å². The third kappa shape index (κ3) is 4.26. The first-order valence-electron chi connectivity index (χ1n) is 8.76. The van der Waals surface area contributed by atoms with Crippen LogP contribution in [0.4, 0.5) is 0 Å². The van der Waals surface area contributed by atoms with E-state index in [0.717, 1.165) is 0 Å². The summed E-state index contributed by atoms with van der Waals surface area (Å²) in [6, 6.07) is 15.1. The van der Waals surface area contributed by atoms with Crippen LogP contribution in [0.1, 0.15) is 30.0 Å². The van der Waals surface area contributed by atoms with Crippen molar-refractivity contribution in [3.8, 4) is 0 Å². The lowest BCUT2D eigenvalue weighted by Crippen LogP contribution is -2.15. The molecule has 6 nitrogen and oxygen atoms in total. The zero-order valence-corrected chi connectivity index (χ0v) is 16.7. The summed E-state index contributed by atoms with van der Waals surface area (Å²) in [5.41, 5.74) is 2.26. The molecule has 1 unspecified atom stereocenters. The summed E-state index contributed by atoms with van der Waals surface area (Å²) < 4.78 is 7.17. The number of aromatic nitrogens is 4. The van der Waals surface area contributed by atoms with Gasteiger partial charge in [-0.2, -0.15) is 0 Å². The molecule has 0 radical (unpaired) electrons. The molecule has 0 aliphatic heterocycles. The van der Waals surface area contributed by atoms with Gasteiger partial charge in [0.25, 0.3) is 10.8 Å². The van der Waals surface area contributed by atoms with Crippen molar-refractivity contribution in [1.29, 1.82) is 0 Å². The fraction of sp³-hybridized carbons (Fsp3) is 0.200. The van der Waals surface area contributed by atoms with Crippen molar-refractivity contribution >= 4 is 29.0 Å². The molecule has 1 atom stereocenters. The molecule has 3 aromatic heterocycles. The monoisotopic (exact) mass is 412 g/mol. The number of pyridine rings is 1. The standard InChI is InChI=1S/C20H17ClN4O2S/c1-13(14-5-3-2-4-6-14)9-18-23-24-20(27-18)28-12-16-10-19(26)25-11-15(21)7-8-17(25)22-16/h2-8,10-11,13H,9,12H2,1H3. The van der Waals surface area contributed by atoms with Gasteiger partial charge in [-0.15, -0.1) is 10.2 Å². The van der Waals surface area contributed by atoms with Crippen LogP contribution in [0.5, 0.6) is 0 Å². The third-order valence-electron chi connectivity index (χ3n) is 4.32. The number of halogens is 1. The number of nitrogens with zero attached hydrogens (tertiary/aromatic N) is 4. The van der Waals surface area contributed by atoms with Gasteiger partial charge < -0.3 is 4.42 Å². The van der Waals surface area contributed by atoms with Gasteiger partial charge in [0, 0.05) is 24.4 Å². The fourth-order valence-electron chi connectivity index (χ4n) is 2.88. The van der Waals surface area contributed by atoms with Crippen molar-refractivity contribution in [2.75, 3.05) is 0 Å². The highest BCUT2D eigenvalue weighted by Crippen LogP contribution is 2.24. The first kappa shape index (κ1) is 18.7. The average molecular weight is 413 g/mol. The smallest absolute Gasteiger partial charge is 0.276 e. The van der Waals surface area contributed by atoms with Crippen LogP contribution in [-0.2, 0) is 12.2 Å². The van der Waals surface area contributed by atoms with Crippen LogP contribution < -0.4 is 5.56 Å². The van der Waals surface area contributed by atoms with E-state index in [9.17, 15) is 4.79 Å². The van der Waals surface area contributed by atoms with Gasteiger partial charge in [-0.05, 0) is 23.6 Å². The van der Waals surface area contributed by atoms with E-state index in [1.807, 2.05) is 18.2 Å². The van der Waals surface area contributed by atoms with E-state index in [1.54, 1.807) is 18.3 Å². The first-order valence-corrected chi connectivity index (χ1v) is 10.1. The van der Waals surface area contributed by atoms with Crippen LogP contribution in [0.2, 0.25) is 5.02 Å². The molecule has 8 heteroatoms. The molecule has 0 amide bonds. The number of thioether (sulfide) groups is 1. The second kappa shape index (κ2) is 8.16. The van der Waals surface area contributed by atoms with Crippen LogP contribution >= 0.6 is 23.4 Å². The largest absolute Gasteiger partial charge is 0.416 e. The van der Waals surface area contributed by atoms with Gasteiger partial charge in [0.05, 0.1) is 10.7 Å². The quantitative estimate of drug-likeness (QED) is 0.438. The Hall–Kier alpha value is -2.64. The van der Waals surface area contributed by atoms with Gasteiger partial charge >= 0.3 is 0 Å². The molecule has 0 bridgehead atoms. The Kier molecular flexibility index (Phi) is 5.45. The molecule has 0 fully saturated rings. The summed E-state index contributed by atoms with van der Waals surface area (Å²) in [6.45, 7) is 2.13. The Balaban J connectivity index is 1.43. The lowest BCUT2D eigenvalue weighted by atomic mass is 9.98. The Bertz CT molecular complexity index is 1160. The van der Waals surface area contributed by atoms with Crippen molar-refractivity contribution in [1.82, 2.24) is 19.6 Å². The average Bonchev–Trinajstić information content (AvgIpc) is 3.15. The first-order chi connectivity index (χ1) is 13.6. The van der Waals surface area contributed by atoms with E-state index >= 15 is 0 Å². The van der Waals surface area contributed by atoms with Crippen LogP contribution in [0.3, 0.4) is 0 Å². The highest BCUT2D eigenvalue weighted by Gasteiger charge is 2.13. The summed E-state index contributed by atoms with van der Waals surface area (Å²) in [6.07, 6.45) is 2.23. The van der Waals surface area contributed by atoms with E-state index < -0.39 is 0 Å². The molecule has 142 valence electrons. The van der Waals surface area contributed by atoms with E-state index in [2.05, 4.69) is 34.2 Å². The molecule has 0 N–H and O–H groups in total. The summed E-state index contributed by atoms with van der Waals surface area (Å²) >= 11 is 7.29. The minimum Gasteiger partial charge on any atom is -0.416 e. The van der Waals surface area contributed by atoms with Gasteiger partial charge in [0.1, 0.15) is 5.65 Å². The highest BCUT2D eigenvalue weighted by molar-refractivity contribution is 7.98. The van der Waals surface area contributed by atoms with Crippen molar-refractivity contribution in [2.24, 2.45) is 0 Å². The maximum absolute atomic E-state index is 12.2. The van der Waals surface area contributed by atoms with Crippen LogP contribution in [0, 0.1) is 0 Å². The van der Waals surface area contributed by atoms with E-state index in [1.165, 1.54) is 27.8 Å². The maximum Gasteiger partial charge on any atom is 0.276 e. The Morgan fingerprint density at radius 1 is 1.18 bits per heavy atom. The third-order valence-corrected chi connectivity index (χ3v) is 5.39. The molecule has 4 aromatic rings. The summed E-state index contributed by atoms with van der Waals surface area (Å²) in [7, 11) is 0. The van der Waals surface area contributed by atoms with Crippen LogP contribution in [0.15, 0.2) is 69.2 Å². The van der Waals surface area contributed by atoms with Crippen molar-refractivity contribution in [3.63, 3.8) is 0 Å². The second-order valence-electron chi connectivity index (χ2n) is 6.43. The van der Waals surface area contributed by atoms with Gasteiger partial charge in [-0.25, -0.2) is 4.98 Å². The number of hydrogen-bond donors (Lipinski definition) is 0. The lowest BCUT2D eigenvalue weighted by molar-refractivity contribution is 0.404. The summed E-state index contributed by atoms with van der Waals surface area (Å²) in [5.74, 6) is 1.35. The summed E-state index contributed by atoms with van der Waals surface area (Å²) in [4.78, 5) is 16.7. The minimum atomic E-state index is -0.175. The molecule has 0 aliphatic carbocycles. The number of rotatable bonds is 6. The van der Waals surface area contributed by atoms with Crippen LogP contribution in [0.25, 0.3) is 5.65 Å². The van der Waals surface area contributed by atoms with Gasteiger partial charge in [-0.1, -0.05) is 60.6 Å². The van der Waals surface area contributed by atoms with Gasteiger partial charge in [0.15, 0.2) is 0 Å². The van der Waals surface area contributed by atoms with Crippen molar-refractivity contribution < 1.29 is 4.42 Å². The van der Waals surface area contributed by atoms with Gasteiger partial charge in [0.2, 0.25) is 5.89 Å². The fourth-order valence-corrected chi connectivity index (χ4v) is 3.71. The van der Waals surface area contributed by atoms with Crippen LogP contribution in [-0.4, -0.2) is 19.6 Å². The number of hydrogen-bond acceptors (Lipinski definition) is 6. The molecule has 0 aliphatic rings. The molecular weight excluding hydrogens is 396 g/mol. The van der Waals surface area contributed by atoms with Crippen molar-refractivity contribution in [3.05, 3.63) is 87.3 Å². The Morgan fingerprint density at radius 3 is 2.82 bits per heavy atom. The molecule has 3 heterocycles. The Morgan fingerprint density at radius 2 is 2.00 bits per heavy atom. The molecule has 0 saturated heterocycles. The van der Waals surface area contributed by atoms with Crippen molar-refractivity contribution in [2.45, 2.75) is 30.2 Å². The summed E-state index contributed by atoms with van der Waals surface area (Å²) in [5, 5.41) is 9.18. The predicted molar refractivity (Wildman–Crippen MR) is 109 cm³/mol. The highest BCUT2D eigenvalue weighted by atomic mass is 35.5. The SMILES string of the molecule is CC(Cc1nnc(SCc2cc(=O)n3cc(Cl)ccc3n2)o1)c1ccccc1. The van der Waals surface area contributed by atoms with Gasteiger partial charge in [-0.3, -0.25) is 9.20 Å². The molecule has 0 saturated carbocycles. The molecule has 1 aromatic carbocycles. The topological polar surface area (TPSA) is 73.3 Å². The molecule has 0 spiro atoms. The minimum absolute atomic E-state index is 0.175. The lowest BCUT2D eigenvalue weighted by Gasteiger charge is -2.08.